The van der Waals surface area contributed by atoms with E-state index in [0.717, 1.165) is 6.07 Å². The van der Waals surface area contributed by atoms with E-state index in [9.17, 15) is 19.1 Å². The molecule has 11 heteroatoms. The number of carboxylic acids is 1. The molecule has 1 aromatic heterocycles. The summed E-state index contributed by atoms with van der Waals surface area (Å²) in [4.78, 5) is 25.1. The monoisotopic (exact) mass is 556 g/mol. The molecule has 4 aromatic rings. The van der Waals surface area contributed by atoms with E-state index in [1.165, 1.54) is 22.9 Å². The lowest BCUT2D eigenvalue weighted by molar-refractivity contribution is -0.136. The molecule has 0 aliphatic carbocycles. The van der Waals surface area contributed by atoms with E-state index in [-0.39, 0.29) is 28.4 Å². The number of nitrogens with one attached hydrogen (secondary N) is 1. The van der Waals surface area contributed by atoms with Gasteiger partial charge in [0.05, 0.1) is 28.4 Å². The highest BCUT2D eigenvalue weighted by atomic mass is 35.5. The molecule has 0 bridgehead atoms. The molecule has 0 saturated carbocycles. The summed E-state index contributed by atoms with van der Waals surface area (Å²) in [5, 5.41) is 26.9. The van der Waals surface area contributed by atoms with Gasteiger partial charge in [-0.3, -0.25) is 9.59 Å². The maximum Gasteiger partial charge on any atom is 0.307 e. The number of rotatable bonds is 7. The summed E-state index contributed by atoms with van der Waals surface area (Å²) in [5.74, 6) is -2.52. The molecule has 0 atom stereocenters. The minimum absolute atomic E-state index is 0.0505. The fourth-order valence-electron chi connectivity index (χ4n) is 3.72. The molecule has 2 N–H and O–H groups in total. The van der Waals surface area contributed by atoms with Crippen molar-refractivity contribution in [3.05, 3.63) is 104 Å². The molecule has 0 aliphatic rings. The molecule has 1 amide bonds. The van der Waals surface area contributed by atoms with Crippen LogP contribution in [-0.4, -0.2) is 26.8 Å². The Labute approximate surface area is 225 Å². The minimum Gasteiger partial charge on any atom is -0.481 e. The Bertz CT molecular complexity index is 1560. The number of carboxylic acid groups (broad SMARTS) is 1. The van der Waals surface area contributed by atoms with Gasteiger partial charge in [-0.2, -0.15) is 10.4 Å². The standard InChI is InChI=1S/C26H16Cl3FN4O3/c27-17-4-2-15(3-5-17)25-19(11-23(35)36)24(33-34(25)22-8-6-18(28)10-20(22)29)26(37)32-13-14-1-7-21(30)16(9-14)12-31/h1-10H,11,13H2,(H,32,37)(H,35,36). The SMILES string of the molecule is N#Cc1cc(CNC(=O)c2nn(-c3ccc(Cl)cc3Cl)c(-c3ccc(Cl)cc3)c2CC(=O)O)ccc1F. The molecular weight excluding hydrogens is 542 g/mol. The van der Waals surface area contributed by atoms with Crippen LogP contribution in [0.1, 0.15) is 27.2 Å². The molecule has 1 heterocycles. The van der Waals surface area contributed by atoms with Gasteiger partial charge in [0.25, 0.3) is 5.91 Å². The molecule has 0 saturated heterocycles. The van der Waals surface area contributed by atoms with Crippen molar-refractivity contribution >= 4 is 46.7 Å². The van der Waals surface area contributed by atoms with Crippen LogP contribution in [0.25, 0.3) is 16.9 Å². The number of aromatic nitrogens is 2. The zero-order chi connectivity index (χ0) is 26.7. The Hall–Kier alpha value is -3.90. The summed E-state index contributed by atoms with van der Waals surface area (Å²) >= 11 is 18.5. The molecular formula is C26H16Cl3FN4O3. The topological polar surface area (TPSA) is 108 Å². The highest BCUT2D eigenvalue weighted by molar-refractivity contribution is 6.35. The normalized spacial score (nSPS) is 10.7. The Morgan fingerprint density at radius 3 is 2.38 bits per heavy atom. The molecule has 0 radical (unpaired) electrons. The van der Waals surface area contributed by atoms with Crippen LogP contribution in [0.3, 0.4) is 0 Å². The number of hydrogen-bond acceptors (Lipinski definition) is 4. The minimum atomic E-state index is -1.18. The van der Waals surface area contributed by atoms with E-state index >= 15 is 0 Å². The Morgan fingerprint density at radius 2 is 1.73 bits per heavy atom. The first-order chi connectivity index (χ1) is 17.7. The van der Waals surface area contributed by atoms with Gasteiger partial charge in [-0.1, -0.05) is 53.0 Å². The van der Waals surface area contributed by atoms with Gasteiger partial charge in [0.2, 0.25) is 0 Å². The van der Waals surface area contributed by atoms with Crippen LogP contribution >= 0.6 is 34.8 Å². The van der Waals surface area contributed by atoms with E-state index in [1.54, 1.807) is 42.5 Å². The highest BCUT2D eigenvalue weighted by Crippen LogP contribution is 2.34. The van der Waals surface area contributed by atoms with Crippen LogP contribution in [-0.2, 0) is 17.8 Å². The third-order valence-corrected chi connectivity index (χ3v) is 6.18. The lowest BCUT2D eigenvalue weighted by Gasteiger charge is -2.11. The maximum absolute atomic E-state index is 13.7. The molecule has 0 aliphatic heterocycles. The lowest BCUT2D eigenvalue weighted by atomic mass is 10.0. The van der Waals surface area contributed by atoms with Gasteiger partial charge in [0.15, 0.2) is 5.69 Å². The van der Waals surface area contributed by atoms with Crippen molar-refractivity contribution < 1.29 is 19.1 Å². The summed E-state index contributed by atoms with van der Waals surface area (Å²) < 4.78 is 15.0. The van der Waals surface area contributed by atoms with E-state index in [1.807, 2.05) is 0 Å². The van der Waals surface area contributed by atoms with Crippen LogP contribution in [0.15, 0.2) is 60.7 Å². The zero-order valence-corrected chi connectivity index (χ0v) is 21.1. The number of hydrogen-bond donors (Lipinski definition) is 2. The van der Waals surface area contributed by atoms with Crippen molar-refractivity contribution in [1.29, 1.82) is 5.26 Å². The van der Waals surface area contributed by atoms with Crippen LogP contribution in [0.4, 0.5) is 4.39 Å². The van der Waals surface area contributed by atoms with Crippen LogP contribution in [0.5, 0.6) is 0 Å². The van der Waals surface area contributed by atoms with Crippen molar-refractivity contribution in [3.63, 3.8) is 0 Å². The maximum atomic E-state index is 13.7. The molecule has 0 fully saturated rings. The lowest BCUT2D eigenvalue weighted by Crippen LogP contribution is -2.25. The molecule has 4 rings (SSSR count). The van der Waals surface area contributed by atoms with Gasteiger partial charge in [-0.15, -0.1) is 0 Å². The second kappa shape index (κ2) is 11.0. The Kier molecular flexibility index (Phi) is 7.79. The van der Waals surface area contributed by atoms with Crippen LogP contribution in [0.2, 0.25) is 15.1 Å². The predicted octanol–water partition coefficient (Wildman–Crippen LogP) is 6.07. The van der Waals surface area contributed by atoms with Gasteiger partial charge in [0.1, 0.15) is 11.9 Å². The molecule has 186 valence electrons. The predicted molar refractivity (Wildman–Crippen MR) is 138 cm³/mol. The number of benzene rings is 3. The number of carbonyl (C=O) groups excluding carboxylic acids is 1. The molecule has 0 unspecified atom stereocenters. The van der Waals surface area contributed by atoms with Crippen molar-refractivity contribution in [2.45, 2.75) is 13.0 Å². The molecule has 7 nitrogen and oxygen atoms in total. The number of aliphatic carboxylic acids is 1. The van der Waals surface area contributed by atoms with Crippen molar-refractivity contribution in [1.82, 2.24) is 15.1 Å². The van der Waals surface area contributed by atoms with Crippen LogP contribution in [0, 0.1) is 17.1 Å². The van der Waals surface area contributed by atoms with Gasteiger partial charge in [0, 0.05) is 27.7 Å². The molecule has 0 spiro atoms. The van der Waals surface area contributed by atoms with Gasteiger partial charge >= 0.3 is 5.97 Å². The van der Waals surface area contributed by atoms with Crippen molar-refractivity contribution in [3.8, 4) is 23.0 Å². The number of carbonyl (C=O) groups is 2. The third-order valence-electron chi connectivity index (χ3n) is 5.39. The van der Waals surface area contributed by atoms with E-state index in [2.05, 4.69) is 10.4 Å². The number of nitrogens with zero attached hydrogens (tertiary/aromatic N) is 3. The Morgan fingerprint density at radius 1 is 1.03 bits per heavy atom. The summed E-state index contributed by atoms with van der Waals surface area (Å²) in [6.45, 7) is -0.0505. The van der Waals surface area contributed by atoms with E-state index in [0.29, 0.717) is 32.6 Å². The van der Waals surface area contributed by atoms with E-state index in [4.69, 9.17) is 40.1 Å². The van der Waals surface area contributed by atoms with Crippen molar-refractivity contribution in [2.75, 3.05) is 0 Å². The van der Waals surface area contributed by atoms with E-state index < -0.39 is 24.1 Å². The largest absolute Gasteiger partial charge is 0.481 e. The fraction of sp³-hybridized carbons (Fsp3) is 0.0769. The van der Waals surface area contributed by atoms with Crippen molar-refractivity contribution in [2.24, 2.45) is 0 Å². The summed E-state index contributed by atoms with van der Waals surface area (Å²) in [7, 11) is 0. The fourth-order valence-corrected chi connectivity index (χ4v) is 4.33. The first kappa shape index (κ1) is 26.2. The summed E-state index contributed by atoms with van der Waals surface area (Å²) in [6, 6.07) is 16.9. The smallest absolute Gasteiger partial charge is 0.307 e. The van der Waals surface area contributed by atoms with Gasteiger partial charge < -0.3 is 10.4 Å². The average molecular weight is 558 g/mol. The number of amides is 1. The molecule has 3 aromatic carbocycles. The first-order valence-electron chi connectivity index (χ1n) is 10.7. The van der Waals surface area contributed by atoms with Gasteiger partial charge in [-0.25, -0.2) is 9.07 Å². The second-order valence-corrected chi connectivity index (χ2v) is 9.15. The first-order valence-corrected chi connectivity index (χ1v) is 11.8. The van der Waals surface area contributed by atoms with Crippen LogP contribution < -0.4 is 5.32 Å². The second-order valence-electron chi connectivity index (χ2n) is 7.87. The average Bonchev–Trinajstić information content (AvgIpc) is 3.22. The highest BCUT2D eigenvalue weighted by Gasteiger charge is 2.27. The zero-order valence-electron chi connectivity index (χ0n) is 18.8. The quantitative estimate of drug-likeness (QED) is 0.287. The summed E-state index contributed by atoms with van der Waals surface area (Å²) in [6.07, 6.45) is -0.513. The molecule has 37 heavy (non-hydrogen) atoms. The van der Waals surface area contributed by atoms with Gasteiger partial charge in [-0.05, 0) is 48.0 Å². The summed E-state index contributed by atoms with van der Waals surface area (Å²) in [5.41, 5.74) is 1.58. The number of halogens is 4. The number of nitriles is 1. The Balaban J connectivity index is 1.83. The third kappa shape index (κ3) is 5.75.